The van der Waals surface area contributed by atoms with Gasteiger partial charge in [-0.05, 0) is 30.7 Å². The normalized spacial score (nSPS) is 21.6. The molecule has 3 heterocycles. The summed E-state index contributed by atoms with van der Waals surface area (Å²) in [6.45, 7) is 6.00. The van der Waals surface area contributed by atoms with Crippen molar-refractivity contribution in [3.63, 3.8) is 0 Å². The number of nitrogens with zero attached hydrogens (tertiary/aromatic N) is 3. The fourth-order valence-electron chi connectivity index (χ4n) is 4.28. The Morgan fingerprint density at radius 2 is 1.93 bits per heavy atom. The second kappa shape index (κ2) is 8.59. The lowest BCUT2D eigenvalue weighted by Gasteiger charge is -2.39. The highest BCUT2D eigenvalue weighted by Gasteiger charge is 2.37. The molecule has 29 heavy (non-hydrogen) atoms. The molecule has 2 aromatic rings. The van der Waals surface area contributed by atoms with Gasteiger partial charge in [0.2, 0.25) is 11.8 Å². The first kappa shape index (κ1) is 20.0. The van der Waals surface area contributed by atoms with Crippen LogP contribution in [0.1, 0.15) is 30.7 Å². The average Bonchev–Trinajstić information content (AvgIpc) is 3.38. The van der Waals surface area contributed by atoms with Gasteiger partial charge in [0, 0.05) is 50.2 Å². The molecule has 7 heteroatoms. The minimum Gasteiger partial charge on any atom is -0.467 e. The molecule has 0 spiro atoms. The molecular weight excluding hydrogens is 390 g/mol. The quantitative estimate of drug-likeness (QED) is 0.752. The van der Waals surface area contributed by atoms with Crippen molar-refractivity contribution in [2.24, 2.45) is 5.92 Å². The largest absolute Gasteiger partial charge is 0.467 e. The molecule has 0 aliphatic carbocycles. The second-order valence-corrected chi connectivity index (χ2v) is 8.22. The van der Waals surface area contributed by atoms with Gasteiger partial charge in [0.15, 0.2) is 0 Å². The minimum atomic E-state index is -0.259. The van der Waals surface area contributed by atoms with Crippen LogP contribution < -0.4 is 0 Å². The SMILES string of the molecule is CC(c1ccccc1Cl)N1CCN(C(=O)C2CC(=O)N(Cc3ccco3)C2)CC1. The molecule has 0 radical (unpaired) electrons. The van der Waals surface area contributed by atoms with Crippen LogP contribution in [0.5, 0.6) is 0 Å². The van der Waals surface area contributed by atoms with Gasteiger partial charge in [-0.2, -0.15) is 0 Å². The molecule has 1 aromatic heterocycles. The Bertz CT molecular complexity index is 862. The molecule has 0 N–H and O–H groups in total. The molecule has 2 saturated heterocycles. The molecular formula is C22H26ClN3O3. The van der Waals surface area contributed by atoms with Gasteiger partial charge in [-0.25, -0.2) is 0 Å². The number of amides is 2. The second-order valence-electron chi connectivity index (χ2n) is 7.81. The van der Waals surface area contributed by atoms with Crippen LogP contribution in [0.25, 0.3) is 0 Å². The van der Waals surface area contributed by atoms with Crippen LogP contribution in [0.3, 0.4) is 0 Å². The zero-order valence-corrected chi connectivity index (χ0v) is 17.3. The monoisotopic (exact) mass is 415 g/mol. The van der Waals surface area contributed by atoms with E-state index in [1.165, 1.54) is 0 Å². The number of rotatable bonds is 5. The maximum atomic E-state index is 13.0. The number of likely N-dealkylation sites (tertiary alicyclic amines) is 1. The van der Waals surface area contributed by atoms with E-state index >= 15 is 0 Å². The zero-order chi connectivity index (χ0) is 20.4. The van der Waals surface area contributed by atoms with Crippen LogP contribution in [0.2, 0.25) is 5.02 Å². The molecule has 2 unspecified atom stereocenters. The molecule has 2 aliphatic heterocycles. The van der Waals surface area contributed by atoms with E-state index in [-0.39, 0.29) is 30.2 Å². The van der Waals surface area contributed by atoms with E-state index in [4.69, 9.17) is 16.0 Å². The molecule has 2 amide bonds. The van der Waals surface area contributed by atoms with Crippen LogP contribution in [-0.2, 0) is 16.1 Å². The van der Waals surface area contributed by atoms with Crippen LogP contribution >= 0.6 is 11.6 Å². The number of furan rings is 1. The topological polar surface area (TPSA) is 57.0 Å². The Balaban J connectivity index is 1.31. The van der Waals surface area contributed by atoms with E-state index in [0.29, 0.717) is 26.2 Å². The molecule has 2 aliphatic rings. The van der Waals surface area contributed by atoms with Gasteiger partial charge >= 0.3 is 0 Å². The Labute approximate surface area is 176 Å². The van der Waals surface area contributed by atoms with E-state index in [2.05, 4.69) is 17.9 Å². The van der Waals surface area contributed by atoms with Crippen molar-refractivity contribution in [3.05, 3.63) is 59.0 Å². The first-order chi connectivity index (χ1) is 14.0. The summed E-state index contributed by atoms with van der Waals surface area (Å²) >= 11 is 6.35. The lowest BCUT2D eigenvalue weighted by Crippen LogP contribution is -2.51. The van der Waals surface area contributed by atoms with Crippen LogP contribution in [0.15, 0.2) is 47.1 Å². The van der Waals surface area contributed by atoms with Gasteiger partial charge in [-0.3, -0.25) is 14.5 Å². The smallest absolute Gasteiger partial charge is 0.228 e. The van der Waals surface area contributed by atoms with E-state index in [1.807, 2.05) is 35.2 Å². The van der Waals surface area contributed by atoms with Gasteiger partial charge in [-0.1, -0.05) is 29.8 Å². The Morgan fingerprint density at radius 3 is 2.62 bits per heavy atom. The number of piperazine rings is 1. The van der Waals surface area contributed by atoms with Gasteiger partial charge in [0.25, 0.3) is 0 Å². The third-order valence-corrected chi connectivity index (χ3v) is 6.36. The Morgan fingerprint density at radius 1 is 1.17 bits per heavy atom. The van der Waals surface area contributed by atoms with Crippen molar-refractivity contribution in [2.75, 3.05) is 32.7 Å². The van der Waals surface area contributed by atoms with Crippen molar-refractivity contribution < 1.29 is 14.0 Å². The highest BCUT2D eigenvalue weighted by Crippen LogP contribution is 2.29. The average molecular weight is 416 g/mol. The zero-order valence-electron chi connectivity index (χ0n) is 16.6. The van der Waals surface area contributed by atoms with Crippen LogP contribution in [-0.4, -0.2) is 59.2 Å². The fourth-order valence-corrected chi connectivity index (χ4v) is 4.57. The molecule has 154 valence electrons. The molecule has 0 bridgehead atoms. The predicted molar refractivity (Wildman–Crippen MR) is 110 cm³/mol. The first-order valence-corrected chi connectivity index (χ1v) is 10.5. The van der Waals surface area contributed by atoms with Crippen molar-refractivity contribution in [1.82, 2.24) is 14.7 Å². The van der Waals surface area contributed by atoms with Crippen molar-refractivity contribution in [2.45, 2.75) is 25.9 Å². The maximum Gasteiger partial charge on any atom is 0.228 e. The predicted octanol–water partition coefficient (Wildman–Crippen LogP) is 3.19. The number of benzene rings is 1. The molecule has 1 aromatic carbocycles. The van der Waals surface area contributed by atoms with E-state index in [1.54, 1.807) is 11.2 Å². The van der Waals surface area contributed by atoms with Crippen LogP contribution in [0.4, 0.5) is 0 Å². The summed E-state index contributed by atoms with van der Waals surface area (Å²) < 4.78 is 5.33. The molecule has 4 rings (SSSR count). The summed E-state index contributed by atoms with van der Waals surface area (Å²) in [5.41, 5.74) is 1.11. The van der Waals surface area contributed by atoms with Crippen LogP contribution in [0, 0.1) is 5.92 Å². The molecule has 0 saturated carbocycles. The summed E-state index contributed by atoms with van der Waals surface area (Å²) in [5, 5.41) is 0.777. The van der Waals surface area contributed by atoms with E-state index in [0.717, 1.165) is 29.4 Å². The van der Waals surface area contributed by atoms with Crippen molar-refractivity contribution in [3.8, 4) is 0 Å². The molecule has 2 atom stereocenters. The lowest BCUT2D eigenvalue weighted by molar-refractivity contribution is -0.137. The Kier molecular flexibility index (Phi) is 5.92. The highest BCUT2D eigenvalue weighted by molar-refractivity contribution is 6.31. The third kappa shape index (κ3) is 4.33. The van der Waals surface area contributed by atoms with Gasteiger partial charge < -0.3 is 14.2 Å². The summed E-state index contributed by atoms with van der Waals surface area (Å²) in [5.74, 6) is 0.592. The van der Waals surface area contributed by atoms with Gasteiger partial charge in [0.1, 0.15) is 5.76 Å². The molecule has 6 nitrogen and oxygen atoms in total. The summed E-state index contributed by atoms with van der Waals surface area (Å²) in [7, 11) is 0. The van der Waals surface area contributed by atoms with Crippen molar-refractivity contribution in [1.29, 1.82) is 0 Å². The van der Waals surface area contributed by atoms with E-state index in [9.17, 15) is 9.59 Å². The highest BCUT2D eigenvalue weighted by atomic mass is 35.5. The number of hydrogen-bond donors (Lipinski definition) is 0. The van der Waals surface area contributed by atoms with Gasteiger partial charge in [-0.15, -0.1) is 0 Å². The Hall–Kier alpha value is -2.31. The fraction of sp³-hybridized carbons (Fsp3) is 0.455. The van der Waals surface area contributed by atoms with Gasteiger partial charge in [0.05, 0.1) is 18.7 Å². The standard InChI is InChI=1S/C22H26ClN3O3/c1-16(19-6-2-3-7-20(19)23)24-8-10-25(11-9-24)22(28)17-13-21(27)26(14-17)15-18-5-4-12-29-18/h2-7,12,16-17H,8-11,13-15H2,1H3. The summed E-state index contributed by atoms with van der Waals surface area (Å²) in [6.07, 6.45) is 1.89. The number of halogens is 1. The molecule has 2 fully saturated rings. The summed E-state index contributed by atoms with van der Waals surface area (Å²) in [6, 6.07) is 11.8. The minimum absolute atomic E-state index is 0.0192. The number of hydrogen-bond acceptors (Lipinski definition) is 4. The number of carbonyl (C=O) groups excluding carboxylic acids is 2. The van der Waals surface area contributed by atoms with E-state index < -0.39 is 0 Å². The first-order valence-electron chi connectivity index (χ1n) is 10.1. The number of carbonyl (C=O) groups is 2. The third-order valence-electron chi connectivity index (χ3n) is 6.02. The maximum absolute atomic E-state index is 13.0. The van der Waals surface area contributed by atoms with Crippen molar-refractivity contribution >= 4 is 23.4 Å². The lowest BCUT2D eigenvalue weighted by atomic mass is 10.0. The summed E-state index contributed by atoms with van der Waals surface area (Å²) in [4.78, 5) is 31.3.